The molecule has 0 saturated carbocycles. The standard InChI is InChI=1S/C17H19F2N3O2/c1-10-7-17(9-20-8-10,22-16(23)24)13-5-4-12(15(18)19)14-11(13)3-2-6-21-14/h2-6,10,15,20,22H,7-9H2,1H3,(H,23,24)/t10-,17-/m0/s1. The summed E-state index contributed by atoms with van der Waals surface area (Å²) in [5, 5.41) is 15.7. The first-order valence-electron chi connectivity index (χ1n) is 7.81. The summed E-state index contributed by atoms with van der Waals surface area (Å²) in [6, 6.07) is 6.34. The van der Waals surface area contributed by atoms with Crippen LogP contribution in [-0.2, 0) is 5.54 Å². The van der Waals surface area contributed by atoms with E-state index in [4.69, 9.17) is 0 Å². The number of carbonyl (C=O) groups is 1. The number of aromatic nitrogens is 1. The van der Waals surface area contributed by atoms with Crippen LogP contribution in [0.4, 0.5) is 13.6 Å². The summed E-state index contributed by atoms with van der Waals surface area (Å²) in [5.41, 5.74) is -0.117. The van der Waals surface area contributed by atoms with Crippen LogP contribution in [0.1, 0.15) is 30.9 Å². The van der Waals surface area contributed by atoms with Gasteiger partial charge in [-0.25, -0.2) is 13.6 Å². The molecule has 0 spiro atoms. The van der Waals surface area contributed by atoms with Gasteiger partial charge in [0, 0.05) is 23.7 Å². The Balaban J connectivity index is 2.22. The monoisotopic (exact) mass is 335 g/mol. The molecule has 1 fully saturated rings. The quantitative estimate of drug-likeness (QED) is 0.805. The second-order valence-electron chi connectivity index (χ2n) is 6.36. The van der Waals surface area contributed by atoms with E-state index in [1.165, 1.54) is 12.3 Å². The molecule has 1 aromatic heterocycles. The number of alkyl halides is 2. The number of piperidine rings is 1. The number of hydrogen-bond donors (Lipinski definition) is 3. The van der Waals surface area contributed by atoms with Crippen LogP contribution >= 0.6 is 0 Å². The van der Waals surface area contributed by atoms with Crippen molar-refractivity contribution < 1.29 is 18.7 Å². The summed E-state index contributed by atoms with van der Waals surface area (Å²) in [5.74, 6) is 0.243. The van der Waals surface area contributed by atoms with Gasteiger partial charge in [0.2, 0.25) is 0 Å². The van der Waals surface area contributed by atoms with Crippen molar-refractivity contribution in [2.45, 2.75) is 25.3 Å². The Labute approximate surface area is 138 Å². The zero-order valence-electron chi connectivity index (χ0n) is 13.2. The highest BCUT2D eigenvalue weighted by Gasteiger charge is 2.39. The molecule has 1 aliphatic heterocycles. The van der Waals surface area contributed by atoms with Gasteiger partial charge >= 0.3 is 6.09 Å². The lowest BCUT2D eigenvalue weighted by Crippen LogP contribution is -2.57. The van der Waals surface area contributed by atoms with Crippen LogP contribution in [0, 0.1) is 5.92 Å². The van der Waals surface area contributed by atoms with Crippen LogP contribution in [0.5, 0.6) is 0 Å². The van der Waals surface area contributed by atoms with Crippen molar-refractivity contribution in [2.75, 3.05) is 13.1 Å². The summed E-state index contributed by atoms with van der Waals surface area (Å²) < 4.78 is 26.6. The summed E-state index contributed by atoms with van der Waals surface area (Å²) in [7, 11) is 0. The largest absolute Gasteiger partial charge is 0.465 e. The summed E-state index contributed by atoms with van der Waals surface area (Å²) in [4.78, 5) is 15.5. The molecule has 1 saturated heterocycles. The topological polar surface area (TPSA) is 74.2 Å². The first kappa shape index (κ1) is 16.6. The Morgan fingerprint density at radius 1 is 1.46 bits per heavy atom. The highest BCUT2D eigenvalue weighted by molar-refractivity contribution is 5.87. The molecule has 3 N–H and O–H groups in total. The molecule has 0 bridgehead atoms. The minimum atomic E-state index is -2.64. The molecule has 2 aromatic rings. The molecule has 0 unspecified atom stereocenters. The van der Waals surface area contributed by atoms with Crippen LogP contribution in [0.2, 0.25) is 0 Å². The van der Waals surface area contributed by atoms with Gasteiger partial charge in [-0.1, -0.05) is 25.1 Å². The first-order chi connectivity index (χ1) is 11.4. The fraction of sp³-hybridized carbons (Fsp3) is 0.412. The van der Waals surface area contributed by atoms with Crippen LogP contribution in [0.3, 0.4) is 0 Å². The molecular weight excluding hydrogens is 316 g/mol. The number of nitrogens with one attached hydrogen (secondary N) is 2. The average Bonchev–Trinajstić information content (AvgIpc) is 2.52. The maximum Gasteiger partial charge on any atom is 0.405 e. The lowest BCUT2D eigenvalue weighted by Gasteiger charge is -2.41. The fourth-order valence-electron chi connectivity index (χ4n) is 3.63. The van der Waals surface area contributed by atoms with E-state index in [1.807, 2.05) is 6.92 Å². The van der Waals surface area contributed by atoms with Crippen molar-refractivity contribution in [2.24, 2.45) is 5.92 Å². The second kappa shape index (κ2) is 6.32. The van der Waals surface area contributed by atoms with Gasteiger partial charge in [0.15, 0.2) is 0 Å². The number of nitrogens with zero attached hydrogens (tertiary/aromatic N) is 1. The number of rotatable bonds is 3. The van der Waals surface area contributed by atoms with E-state index in [2.05, 4.69) is 15.6 Å². The van der Waals surface area contributed by atoms with Crippen LogP contribution in [0.25, 0.3) is 10.9 Å². The van der Waals surface area contributed by atoms with Gasteiger partial charge in [-0.3, -0.25) is 4.98 Å². The third-order valence-corrected chi connectivity index (χ3v) is 4.51. The Kier molecular flexibility index (Phi) is 4.36. The Hall–Kier alpha value is -2.28. The van der Waals surface area contributed by atoms with Gasteiger partial charge in [0.1, 0.15) is 0 Å². The van der Waals surface area contributed by atoms with Gasteiger partial charge < -0.3 is 15.7 Å². The van der Waals surface area contributed by atoms with Crippen molar-refractivity contribution in [3.63, 3.8) is 0 Å². The van der Waals surface area contributed by atoms with Gasteiger partial charge in [0.25, 0.3) is 6.43 Å². The van der Waals surface area contributed by atoms with E-state index in [0.29, 0.717) is 23.9 Å². The maximum atomic E-state index is 13.3. The number of amides is 1. The average molecular weight is 335 g/mol. The van der Waals surface area contributed by atoms with Crippen LogP contribution in [0.15, 0.2) is 30.5 Å². The lowest BCUT2D eigenvalue weighted by molar-refractivity contribution is 0.151. The Morgan fingerprint density at radius 2 is 2.25 bits per heavy atom. The highest BCUT2D eigenvalue weighted by Crippen LogP contribution is 2.37. The third kappa shape index (κ3) is 2.91. The first-order valence-corrected chi connectivity index (χ1v) is 7.81. The number of carboxylic acid groups (broad SMARTS) is 1. The molecular formula is C17H19F2N3O2. The summed E-state index contributed by atoms with van der Waals surface area (Å²) >= 11 is 0. The molecule has 7 heteroatoms. The van der Waals surface area contributed by atoms with E-state index >= 15 is 0 Å². The Morgan fingerprint density at radius 3 is 2.92 bits per heavy atom. The normalized spacial score (nSPS) is 24.2. The maximum absolute atomic E-state index is 13.3. The van der Waals surface area contributed by atoms with Gasteiger partial charge in [0.05, 0.1) is 11.1 Å². The molecule has 2 heterocycles. The molecule has 3 rings (SSSR count). The number of halogens is 2. The van der Waals surface area contributed by atoms with Crippen molar-refractivity contribution in [1.82, 2.24) is 15.6 Å². The zero-order valence-corrected chi connectivity index (χ0v) is 13.2. The summed E-state index contributed by atoms with van der Waals surface area (Å²) in [6.07, 6.45) is -1.72. The molecule has 24 heavy (non-hydrogen) atoms. The van der Waals surface area contributed by atoms with Gasteiger partial charge in [-0.2, -0.15) is 0 Å². The molecule has 0 radical (unpaired) electrons. The smallest absolute Gasteiger partial charge is 0.405 e. The van der Waals surface area contributed by atoms with Crippen molar-refractivity contribution >= 4 is 17.0 Å². The number of hydrogen-bond acceptors (Lipinski definition) is 3. The van der Waals surface area contributed by atoms with Crippen LogP contribution < -0.4 is 10.6 Å². The minimum Gasteiger partial charge on any atom is -0.465 e. The third-order valence-electron chi connectivity index (χ3n) is 4.51. The highest BCUT2D eigenvalue weighted by atomic mass is 19.3. The van der Waals surface area contributed by atoms with E-state index < -0.39 is 18.1 Å². The van der Waals surface area contributed by atoms with E-state index in [-0.39, 0.29) is 17.0 Å². The van der Waals surface area contributed by atoms with E-state index in [1.54, 1.807) is 18.2 Å². The molecule has 1 amide bonds. The molecule has 1 aliphatic rings. The van der Waals surface area contributed by atoms with Crippen molar-refractivity contribution in [3.05, 3.63) is 41.6 Å². The predicted molar refractivity (Wildman–Crippen MR) is 86.2 cm³/mol. The Bertz CT molecular complexity index is 769. The minimum absolute atomic E-state index is 0.142. The molecule has 5 nitrogen and oxygen atoms in total. The van der Waals surface area contributed by atoms with Crippen molar-refractivity contribution in [3.8, 4) is 0 Å². The zero-order chi connectivity index (χ0) is 17.3. The van der Waals surface area contributed by atoms with E-state index in [9.17, 15) is 18.7 Å². The number of fused-ring (bicyclic) bond motifs is 1. The van der Waals surface area contributed by atoms with Gasteiger partial charge in [-0.15, -0.1) is 0 Å². The molecule has 128 valence electrons. The predicted octanol–water partition coefficient (Wildman–Crippen LogP) is 3.26. The van der Waals surface area contributed by atoms with E-state index in [0.717, 1.165) is 6.54 Å². The number of benzene rings is 1. The van der Waals surface area contributed by atoms with Gasteiger partial charge in [-0.05, 0) is 30.5 Å². The SMILES string of the molecule is C[C@@H]1CNC[C@](NC(=O)O)(c2ccc(C(F)F)c3ncccc23)C1. The molecule has 1 aromatic carbocycles. The molecule has 2 atom stereocenters. The second-order valence-corrected chi connectivity index (χ2v) is 6.36. The van der Waals surface area contributed by atoms with Crippen molar-refractivity contribution in [1.29, 1.82) is 0 Å². The fourth-order valence-corrected chi connectivity index (χ4v) is 3.63. The number of pyridine rings is 1. The lowest BCUT2D eigenvalue weighted by atomic mass is 9.77. The summed E-state index contributed by atoms with van der Waals surface area (Å²) in [6.45, 7) is 3.22. The molecule has 0 aliphatic carbocycles. The van der Waals surface area contributed by atoms with Crippen LogP contribution in [-0.4, -0.2) is 29.3 Å².